The van der Waals surface area contributed by atoms with E-state index in [0.717, 1.165) is 44.7 Å². The molecule has 2 fully saturated rings. The molecule has 1 amide bonds. The summed E-state index contributed by atoms with van der Waals surface area (Å²) in [6.45, 7) is 5.30. The number of aliphatic hydroxyl groups is 1. The summed E-state index contributed by atoms with van der Waals surface area (Å²) in [4.78, 5) is 16.8. The first-order valence-corrected chi connectivity index (χ1v) is 11.0. The average molecular weight is 426 g/mol. The normalized spacial score (nSPS) is 20.4. The van der Waals surface area contributed by atoms with Crippen LogP contribution in [0.15, 0.2) is 48.5 Å². The molecule has 0 aromatic heterocycles. The zero-order valence-electron chi connectivity index (χ0n) is 18.0. The quantitative estimate of drug-likeness (QED) is 0.632. The van der Waals surface area contributed by atoms with Crippen molar-refractivity contribution in [3.8, 4) is 11.5 Å². The van der Waals surface area contributed by atoms with Crippen LogP contribution in [-0.4, -0.2) is 68.6 Å². The summed E-state index contributed by atoms with van der Waals surface area (Å²) in [6, 6.07) is 16.0. The highest BCUT2D eigenvalue weighted by Gasteiger charge is 2.27. The Hall–Kier alpha value is -2.77. The Morgan fingerprint density at radius 2 is 1.87 bits per heavy atom. The molecule has 166 valence electrons. The van der Waals surface area contributed by atoms with Crippen molar-refractivity contribution < 1.29 is 19.4 Å². The molecule has 2 aromatic carbocycles. The number of anilines is 1. The number of methoxy groups -OCH3 is 1. The van der Waals surface area contributed by atoms with E-state index >= 15 is 0 Å². The second-order valence-corrected chi connectivity index (χ2v) is 8.07. The van der Waals surface area contributed by atoms with Gasteiger partial charge in [0, 0.05) is 51.4 Å². The van der Waals surface area contributed by atoms with E-state index in [9.17, 15) is 9.90 Å². The van der Waals surface area contributed by atoms with Gasteiger partial charge in [-0.15, -0.1) is 0 Å². The zero-order chi connectivity index (χ0) is 21.6. The van der Waals surface area contributed by atoms with Crippen molar-refractivity contribution in [3.05, 3.63) is 54.1 Å². The lowest BCUT2D eigenvalue weighted by Gasteiger charge is -2.36. The molecule has 0 spiro atoms. The number of benzene rings is 2. The van der Waals surface area contributed by atoms with Crippen LogP contribution in [0.3, 0.4) is 0 Å². The third-order valence-corrected chi connectivity index (χ3v) is 6.09. The van der Waals surface area contributed by atoms with Gasteiger partial charge in [0.1, 0.15) is 0 Å². The molecule has 2 aliphatic heterocycles. The molecule has 0 radical (unpaired) electrons. The fraction of sp³-hybridized carbons (Fsp3) is 0.458. The highest BCUT2D eigenvalue weighted by molar-refractivity contribution is 5.85. The second-order valence-electron chi connectivity index (χ2n) is 8.07. The van der Waals surface area contributed by atoms with E-state index in [1.54, 1.807) is 13.2 Å². The third kappa shape index (κ3) is 5.29. The average Bonchev–Trinajstić information content (AvgIpc) is 3.24. The van der Waals surface area contributed by atoms with Gasteiger partial charge in [-0.25, -0.2) is 0 Å². The molecule has 0 aliphatic carbocycles. The van der Waals surface area contributed by atoms with E-state index in [1.807, 2.05) is 18.2 Å². The van der Waals surface area contributed by atoms with Gasteiger partial charge in [-0.05, 0) is 36.2 Å². The Morgan fingerprint density at radius 3 is 2.55 bits per heavy atom. The number of hydrogen-bond donors (Lipinski definition) is 2. The van der Waals surface area contributed by atoms with Crippen molar-refractivity contribution in [2.75, 3.05) is 51.3 Å². The molecule has 7 heteroatoms. The molecular formula is C24H31N3O4. The summed E-state index contributed by atoms with van der Waals surface area (Å²) in [5.41, 5.74) is 2.14. The lowest BCUT2D eigenvalue weighted by molar-refractivity contribution is -0.120. The van der Waals surface area contributed by atoms with Gasteiger partial charge in [-0.3, -0.25) is 9.69 Å². The second kappa shape index (κ2) is 10.0. The van der Waals surface area contributed by atoms with Gasteiger partial charge in [0.2, 0.25) is 5.91 Å². The van der Waals surface area contributed by atoms with Crippen LogP contribution in [0.5, 0.6) is 11.5 Å². The number of nitrogens with one attached hydrogen (secondary N) is 1. The monoisotopic (exact) mass is 425 g/mol. The van der Waals surface area contributed by atoms with E-state index in [2.05, 4.69) is 39.4 Å². The number of hydrogen-bond acceptors (Lipinski definition) is 6. The number of rotatable bonds is 8. The topological polar surface area (TPSA) is 74.3 Å². The first kappa shape index (κ1) is 21.5. The maximum atomic E-state index is 12.0. The molecule has 2 unspecified atom stereocenters. The largest absolute Gasteiger partial charge is 0.493 e. The van der Waals surface area contributed by atoms with Gasteiger partial charge < -0.3 is 24.8 Å². The van der Waals surface area contributed by atoms with Crippen LogP contribution in [0.4, 0.5) is 5.69 Å². The van der Waals surface area contributed by atoms with Crippen LogP contribution in [0.2, 0.25) is 0 Å². The molecular weight excluding hydrogens is 394 g/mol. The molecule has 0 bridgehead atoms. The Bertz CT molecular complexity index is 868. The van der Waals surface area contributed by atoms with E-state index in [4.69, 9.17) is 9.47 Å². The van der Waals surface area contributed by atoms with Gasteiger partial charge in [0.25, 0.3) is 0 Å². The van der Waals surface area contributed by atoms with E-state index in [-0.39, 0.29) is 11.8 Å². The van der Waals surface area contributed by atoms with E-state index in [1.165, 1.54) is 5.69 Å². The molecule has 31 heavy (non-hydrogen) atoms. The van der Waals surface area contributed by atoms with E-state index < -0.39 is 6.29 Å². The van der Waals surface area contributed by atoms with Gasteiger partial charge in [-0.2, -0.15) is 0 Å². The number of ether oxygens (including phenoxy) is 2. The smallest absolute Gasteiger partial charge is 0.227 e. The van der Waals surface area contributed by atoms with Crippen molar-refractivity contribution in [3.63, 3.8) is 0 Å². The SMILES string of the molecule is COc1ccc(C2CCNC2=O)cc1OC(O)CCN1CCN(c2ccccc2)CC1. The maximum Gasteiger partial charge on any atom is 0.227 e. The minimum atomic E-state index is -0.936. The molecule has 2 saturated heterocycles. The van der Waals surface area contributed by atoms with Crippen molar-refractivity contribution in [2.24, 2.45) is 0 Å². The van der Waals surface area contributed by atoms with Crippen LogP contribution in [0.25, 0.3) is 0 Å². The number of para-hydroxylation sites is 1. The molecule has 2 aliphatic rings. The van der Waals surface area contributed by atoms with Crippen molar-refractivity contribution in [1.82, 2.24) is 10.2 Å². The van der Waals surface area contributed by atoms with Gasteiger partial charge >= 0.3 is 0 Å². The van der Waals surface area contributed by atoms with E-state index in [0.29, 0.717) is 24.5 Å². The van der Waals surface area contributed by atoms with Crippen molar-refractivity contribution >= 4 is 11.6 Å². The Morgan fingerprint density at radius 1 is 1.10 bits per heavy atom. The molecule has 2 N–H and O–H groups in total. The molecule has 2 atom stereocenters. The number of piperazine rings is 1. The summed E-state index contributed by atoms with van der Waals surface area (Å²) < 4.78 is 11.2. The predicted octanol–water partition coefficient (Wildman–Crippen LogP) is 2.21. The maximum absolute atomic E-state index is 12.0. The number of amides is 1. The lowest BCUT2D eigenvalue weighted by atomic mass is 9.97. The first-order chi connectivity index (χ1) is 15.1. The third-order valence-electron chi connectivity index (χ3n) is 6.09. The minimum absolute atomic E-state index is 0.0336. The first-order valence-electron chi connectivity index (χ1n) is 11.0. The fourth-order valence-corrected chi connectivity index (χ4v) is 4.28. The molecule has 2 aromatic rings. The van der Waals surface area contributed by atoms with Gasteiger partial charge in [0.05, 0.1) is 13.0 Å². The predicted molar refractivity (Wildman–Crippen MR) is 120 cm³/mol. The summed E-state index contributed by atoms with van der Waals surface area (Å²) in [5.74, 6) is 0.886. The zero-order valence-corrected chi connectivity index (χ0v) is 18.0. The highest BCUT2D eigenvalue weighted by atomic mass is 16.6. The molecule has 0 saturated carbocycles. The number of nitrogens with zero attached hydrogens (tertiary/aromatic N) is 2. The molecule has 2 heterocycles. The van der Waals surface area contributed by atoms with Crippen LogP contribution in [0, 0.1) is 0 Å². The lowest BCUT2D eigenvalue weighted by Crippen LogP contribution is -2.47. The Balaban J connectivity index is 1.29. The summed E-state index contributed by atoms with van der Waals surface area (Å²) in [6.07, 6.45) is 0.332. The molecule has 7 nitrogen and oxygen atoms in total. The fourth-order valence-electron chi connectivity index (χ4n) is 4.28. The Labute approximate surface area is 183 Å². The summed E-state index contributed by atoms with van der Waals surface area (Å²) >= 11 is 0. The minimum Gasteiger partial charge on any atom is -0.493 e. The number of carbonyl (C=O) groups excluding carboxylic acids is 1. The number of carbonyl (C=O) groups is 1. The highest BCUT2D eigenvalue weighted by Crippen LogP contribution is 2.34. The summed E-state index contributed by atoms with van der Waals surface area (Å²) in [5, 5.41) is 13.4. The number of aliphatic hydroxyl groups excluding tert-OH is 1. The van der Waals surface area contributed by atoms with Crippen LogP contribution in [-0.2, 0) is 4.79 Å². The van der Waals surface area contributed by atoms with Crippen molar-refractivity contribution in [1.29, 1.82) is 0 Å². The standard InChI is InChI=1S/C24H31N3O4/c1-30-21-8-7-18(20-9-11-25-24(20)29)17-22(21)31-23(28)10-12-26-13-15-27(16-14-26)19-5-3-2-4-6-19/h2-8,17,20,23,28H,9-16H2,1H3,(H,25,29). The van der Waals surface area contributed by atoms with Crippen molar-refractivity contribution in [2.45, 2.75) is 25.0 Å². The van der Waals surface area contributed by atoms with Crippen LogP contribution >= 0.6 is 0 Å². The molecule has 4 rings (SSSR count). The van der Waals surface area contributed by atoms with Crippen LogP contribution in [0.1, 0.15) is 24.3 Å². The summed E-state index contributed by atoms with van der Waals surface area (Å²) in [7, 11) is 1.57. The Kier molecular flexibility index (Phi) is 6.94. The van der Waals surface area contributed by atoms with Gasteiger partial charge in [-0.1, -0.05) is 24.3 Å². The van der Waals surface area contributed by atoms with Crippen LogP contribution < -0.4 is 19.7 Å². The van der Waals surface area contributed by atoms with Gasteiger partial charge in [0.15, 0.2) is 17.8 Å².